The van der Waals surface area contributed by atoms with Gasteiger partial charge in [-0.2, -0.15) is 0 Å². The van der Waals surface area contributed by atoms with E-state index in [1.165, 1.54) is 10.8 Å². The van der Waals surface area contributed by atoms with Crippen LogP contribution >= 0.6 is 15.9 Å². The highest BCUT2D eigenvalue weighted by molar-refractivity contribution is 9.10. The first kappa shape index (κ1) is 32.4. The van der Waals surface area contributed by atoms with Gasteiger partial charge in [-0.25, -0.2) is 0 Å². The van der Waals surface area contributed by atoms with E-state index < -0.39 is 0 Å². The van der Waals surface area contributed by atoms with E-state index in [1.54, 1.807) is 0 Å². The second-order valence-corrected chi connectivity index (χ2v) is 14.9. The Labute approximate surface area is 330 Å². The minimum atomic E-state index is 0.783. The number of hydrogen-bond acceptors (Lipinski definition) is 5. The van der Waals surface area contributed by atoms with Gasteiger partial charge < -0.3 is 14.2 Å². The molecule has 0 N–H and O–H groups in total. The number of anilines is 6. The minimum absolute atomic E-state index is 0.783. The monoisotopic (exact) mass is 782 g/mol. The van der Waals surface area contributed by atoms with Crippen LogP contribution in [0, 0.1) is 0 Å². The van der Waals surface area contributed by atoms with Crippen LogP contribution in [-0.4, -0.2) is 9.97 Å². The van der Waals surface area contributed by atoms with Gasteiger partial charge in [0.05, 0.1) is 21.2 Å². The van der Waals surface area contributed by atoms with Crippen molar-refractivity contribution in [2.45, 2.75) is 0 Å². The molecule has 264 valence electrons. The number of pyridine rings is 2. The van der Waals surface area contributed by atoms with E-state index in [-0.39, 0.29) is 0 Å². The van der Waals surface area contributed by atoms with Crippen LogP contribution in [0.5, 0.6) is 0 Å². The molecular formula is C50H31BrN4O. The lowest BCUT2D eigenvalue weighted by molar-refractivity contribution is 0.669. The smallest absolute Gasteiger partial charge is 0.139 e. The largest absolute Gasteiger partial charge is 0.456 e. The highest BCUT2D eigenvalue weighted by atomic mass is 79.9. The van der Waals surface area contributed by atoms with Gasteiger partial charge in [-0.05, 0) is 115 Å². The van der Waals surface area contributed by atoms with Crippen molar-refractivity contribution in [3.8, 4) is 0 Å². The summed E-state index contributed by atoms with van der Waals surface area (Å²) in [6, 6.07) is 58.2. The zero-order valence-electron chi connectivity index (χ0n) is 30.0. The SMILES string of the molecule is Brc1c(N(c2ccc3cnccc3c2)c2ccc3cnccc3c2)cc2oc3ccccc3c2c1N(c1ccc2ccccc2c1)c1ccc2ccccc2c1. The number of hydrogen-bond donors (Lipinski definition) is 0. The molecule has 0 amide bonds. The van der Waals surface area contributed by atoms with Crippen LogP contribution in [0.25, 0.3) is 65.0 Å². The van der Waals surface area contributed by atoms with Gasteiger partial charge in [0.15, 0.2) is 0 Å². The number of furan rings is 1. The van der Waals surface area contributed by atoms with Crippen molar-refractivity contribution in [2.75, 3.05) is 9.80 Å². The van der Waals surface area contributed by atoms with Gasteiger partial charge >= 0.3 is 0 Å². The third-order valence-electron chi connectivity index (χ3n) is 10.8. The molecule has 0 saturated carbocycles. The Bertz CT molecular complexity index is 3160. The Kier molecular flexibility index (Phi) is 7.57. The molecule has 0 aliphatic heterocycles. The summed E-state index contributed by atoms with van der Waals surface area (Å²) in [6.07, 6.45) is 7.51. The van der Waals surface area contributed by atoms with Gasteiger partial charge in [-0.3, -0.25) is 9.97 Å². The first-order valence-electron chi connectivity index (χ1n) is 18.6. The Hall–Kier alpha value is -7.02. The van der Waals surface area contributed by atoms with E-state index in [0.717, 1.165) is 92.9 Å². The summed E-state index contributed by atoms with van der Waals surface area (Å²) in [5, 5.41) is 11.1. The molecule has 0 fully saturated rings. The normalized spacial score (nSPS) is 11.7. The van der Waals surface area contributed by atoms with Gasteiger partial charge in [0, 0.05) is 69.8 Å². The van der Waals surface area contributed by atoms with Crippen LogP contribution in [0.2, 0.25) is 0 Å². The predicted molar refractivity (Wildman–Crippen MR) is 236 cm³/mol. The molecule has 0 bridgehead atoms. The summed E-state index contributed by atoms with van der Waals surface area (Å²) in [4.78, 5) is 13.5. The molecule has 0 radical (unpaired) electrons. The highest BCUT2D eigenvalue weighted by Crippen LogP contribution is 2.53. The van der Waals surface area contributed by atoms with Gasteiger partial charge in [0.1, 0.15) is 11.2 Å². The lowest BCUT2D eigenvalue weighted by atomic mass is 10.0. The first-order valence-corrected chi connectivity index (χ1v) is 19.3. The Balaban J connectivity index is 1.26. The topological polar surface area (TPSA) is 45.4 Å². The van der Waals surface area contributed by atoms with Crippen molar-refractivity contribution in [3.05, 3.63) is 193 Å². The summed E-state index contributed by atoms with van der Waals surface area (Å²) in [5.41, 5.74) is 7.59. The summed E-state index contributed by atoms with van der Waals surface area (Å²) in [5.74, 6) is 0. The molecule has 0 atom stereocenters. The number of nitrogens with zero attached hydrogens (tertiary/aromatic N) is 4. The maximum absolute atomic E-state index is 6.82. The molecule has 6 heteroatoms. The summed E-state index contributed by atoms with van der Waals surface area (Å²) >= 11 is 4.32. The Morgan fingerprint density at radius 2 is 0.875 bits per heavy atom. The van der Waals surface area contributed by atoms with E-state index in [1.807, 2.05) is 30.9 Å². The van der Waals surface area contributed by atoms with E-state index in [4.69, 9.17) is 4.42 Å². The van der Waals surface area contributed by atoms with Crippen LogP contribution < -0.4 is 9.80 Å². The lowest BCUT2D eigenvalue weighted by Gasteiger charge is -2.32. The summed E-state index contributed by atoms with van der Waals surface area (Å²) < 4.78 is 7.74. The van der Waals surface area contributed by atoms with Crippen molar-refractivity contribution < 1.29 is 4.42 Å². The second-order valence-electron chi connectivity index (χ2n) is 14.1. The lowest BCUT2D eigenvalue weighted by Crippen LogP contribution is -2.15. The molecule has 11 rings (SSSR count). The molecule has 0 aliphatic carbocycles. The summed E-state index contributed by atoms with van der Waals surface area (Å²) in [7, 11) is 0. The Morgan fingerprint density at radius 1 is 0.411 bits per heavy atom. The molecule has 0 spiro atoms. The molecule has 8 aromatic carbocycles. The van der Waals surface area contributed by atoms with Gasteiger partial charge in [0.25, 0.3) is 0 Å². The molecule has 3 heterocycles. The van der Waals surface area contributed by atoms with Crippen molar-refractivity contribution in [1.29, 1.82) is 0 Å². The fourth-order valence-electron chi connectivity index (χ4n) is 8.09. The second kappa shape index (κ2) is 13.1. The zero-order valence-corrected chi connectivity index (χ0v) is 31.6. The fourth-order valence-corrected chi connectivity index (χ4v) is 8.75. The number of aromatic nitrogens is 2. The number of rotatable bonds is 6. The number of para-hydroxylation sites is 1. The quantitative estimate of drug-likeness (QED) is 0.168. The van der Waals surface area contributed by atoms with E-state index >= 15 is 0 Å². The van der Waals surface area contributed by atoms with Crippen LogP contribution in [0.4, 0.5) is 34.1 Å². The fraction of sp³-hybridized carbons (Fsp3) is 0. The van der Waals surface area contributed by atoms with Gasteiger partial charge in [-0.1, -0.05) is 91.0 Å². The van der Waals surface area contributed by atoms with E-state index in [2.05, 4.69) is 193 Å². The average Bonchev–Trinajstić information content (AvgIpc) is 3.63. The predicted octanol–water partition coefficient (Wildman–Crippen LogP) is 14.7. The van der Waals surface area contributed by atoms with Crippen LogP contribution in [-0.2, 0) is 0 Å². The highest BCUT2D eigenvalue weighted by Gasteiger charge is 2.28. The van der Waals surface area contributed by atoms with Crippen molar-refractivity contribution >= 4 is 115 Å². The third kappa shape index (κ3) is 5.37. The first-order chi connectivity index (χ1) is 27.7. The van der Waals surface area contributed by atoms with E-state index in [9.17, 15) is 0 Å². The zero-order chi connectivity index (χ0) is 37.2. The van der Waals surface area contributed by atoms with E-state index in [0.29, 0.717) is 0 Å². The number of fused-ring (bicyclic) bond motifs is 7. The molecule has 56 heavy (non-hydrogen) atoms. The molecule has 0 unspecified atom stereocenters. The molecule has 0 saturated heterocycles. The maximum Gasteiger partial charge on any atom is 0.139 e. The van der Waals surface area contributed by atoms with Crippen LogP contribution in [0.15, 0.2) is 197 Å². The van der Waals surface area contributed by atoms with Crippen molar-refractivity contribution in [1.82, 2.24) is 9.97 Å². The van der Waals surface area contributed by atoms with Crippen molar-refractivity contribution in [3.63, 3.8) is 0 Å². The standard InChI is InChI=1S/C50H31BrN4O/c51-49-45(54(40-19-15-38-30-52-23-21-36(38)27-40)41-20-16-39-31-53-24-22-37(39)28-41)29-47-48(44-11-5-6-12-46(44)56-47)50(49)55(42-17-13-32-7-1-3-9-34(32)25-42)43-18-14-33-8-2-4-10-35(33)26-43/h1-31H. The molecule has 5 nitrogen and oxygen atoms in total. The minimum Gasteiger partial charge on any atom is -0.456 e. The average molecular weight is 784 g/mol. The van der Waals surface area contributed by atoms with Crippen LogP contribution in [0.3, 0.4) is 0 Å². The van der Waals surface area contributed by atoms with Gasteiger partial charge in [-0.15, -0.1) is 0 Å². The third-order valence-corrected chi connectivity index (χ3v) is 11.6. The van der Waals surface area contributed by atoms with Gasteiger partial charge in [0.2, 0.25) is 0 Å². The molecule has 11 aromatic rings. The summed E-state index contributed by atoms with van der Waals surface area (Å²) in [6.45, 7) is 0. The molecular weight excluding hydrogens is 752 g/mol. The molecule has 3 aromatic heterocycles. The number of halogens is 1. The maximum atomic E-state index is 6.82. The molecule has 0 aliphatic rings. The Morgan fingerprint density at radius 3 is 1.45 bits per heavy atom. The van der Waals surface area contributed by atoms with Crippen molar-refractivity contribution in [2.24, 2.45) is 0 Å². The number of benzene rings is 8. The van der Waals surface area contributed by atoms with Crippen LogP contribution in [0.1, 0.15) is 0 Å².